The Kier molecular flexibility index (Phi) is 2.99. The van der Waals surface area contributed by atoms with Crippen LogP contribution in [-0.2, 0) is 0 Å². The van der Waals surface area contributed by atoms with Gasteiger partial charge in [-0.1, -0.05) is 25.3 Å². The summed E-state index contributed by atoms with van der Waals surface area (Å²) in [5.74, 6) is 1.14. The van der Waals surface area contributed by atoms with Crippen molar-refractivity contribution >= 4 is 0 Å². The number of hydrogen-bond donors (Lipinski definition) is 1. The summed E-state index contributed by atoms with van der Waals surface area (Å²) < 4.78 is 0. The largest absolute Gasteiger partial charge is 0.508 e. The molecule has 15 heavy (non-hydrogen) atoms. The van der Waals surface area contributed by atoms with Crippen molar-refractivity contribution in [3.63, 3.8) is 0 Å². The van der Waals surface area contributed by atoms with Crippen LogP contribution in [0.4, 0.5) is 0 Å². The molecule has 82 valence electrons. The maximum Gasteiger partial charge on any atom is 0.118 e. The van der Waals surface area contributed by atoms with Gasteiger partial charge in [-0.15, -0.1) is 0 Å². The van der Waals surface area contributed by atoms with E-state index < -0.39 is 0 Å². The monoisotopic (exact) mass is 204 g/mol. The van der Waals surface area contributed by atoms with Gasteiger partial charge in [0, 0.05) is 0 Å². The number of phenolic OH excluding ortho intramolecular Hbond substituents is 1. The van der Waals surface area contributed by atoms with E-state index in [2.05, 4.69) is 13.0 Å². The average molecular weight is 204 g/mol. The van der Waals surface area contributed by atoms with E-state index in [1.54, 1.807) is 0 Å². The molecule has 1 aliphatic carbocycles. The minimum atomic E-state index is 0.459. The van der Waals surface area contributed by atoms with Crippen molar-refractivity contribution < 1.29 is 5.11 Å². The van der Waals surface area contributed by atoms with Crippen LogP contribution in [0.15, 0.2) is 12.1 Å². The van der Waals surface area contributed by atoms with Crippen molar-refractivity contribution in [1.82, 2.24) is 0 Å². The molecular formula is C14H20O. The van der Waals surface area contributed by atoms with E-state index in [1.807, 2.05) is 13.0 Å². The molecule has 1 fully saturated rings. The van der Waals surface area contributed by atoms with E-state index in [1.165, 1.54) is 43.2 Å². The molecule has 1 heteroatoms. The lowest BCUT2D eigenvalue weighted by atomic mass is 9.82. The van der Waals surface area contributed by atoms with Gasteiger partial charge in [-0.2, -0.15) is 0 Å². The van der Waals surface area contributed by atoms with E-state index >= 15 is 0 Å². The minimum Gasteiger partial charge on any atom is -0.508 e. The standard InChI is InChI=1S/C14H20O/c1-10-8-11(2)14(15)9-13(10)12-6-4-3-5-7-12/h8-9,12,15H,3-7H2,1-2H3. The van der Waals surface area contributed by atoms with Crippen LogP contribution in [0.2, 0.25) is 0 Å². The molecule has 0 saturated heterocycles. The molecule has 0 atom stereocenters. The number of aromatic hydroxyl groups is 1. The molecule has 2 rings (SSSR count). The molecule has 0 amide bonds. The normalized spacial score (nSPS) is 18.0. The van der Waals surface area contributed by atoms with Gasteiger partial charge in [0.25, 0.3) is 0 Å². The lowest BCUT2D eigenvalue weighted by molar-refractivity contribution is 0.436. The molecule has 0 aromatic heterocycles. The first kappa shape index (κ1) is 10.5. The van der Waals surface area contributed by atoms with Gasteiger partial charge in [0.2, 0.25) is 0 Å². The molecule has 0 aliphatic heterocycles. The molecular weight excluding hydrogens is 184 g/mol. The summed E-state index contributed by atoms with van der Waals surface area (Å²) in [4.78, 5) is 0. The van der Waals surface area contributed by atoms with Crippen LogP contribution in [0.1, 0.15) is 54.7 Å². The van der Waals surface area contributed by atoms with Crippen LogP contribution in [0.5, 0.6) is 5.75 Å². The zero-order chi connectivity index (χ0) is 10.8. The topological polar surface area (TPSA) is 20.2 Å². The van der Waals surface area contributed by atoms with Crippen LogP contribution in [-0.4, -0.2) is 5.11 Å². The smallest absolute Gasteiger partial charge is 0.118 e. The molecule has 0 unspecified atom stereocenters. The Labute approximate surface area is 92.1 Å². The number of benzene rings is 1. The van der Waals surface area contributed by atoms with E-state index in [9.17, 15) is 5.11 Å². The van der Waals surface area contributed by atoms with Crippen LogP contribution in [0, 0.1) is 13.8 Å². The van der Waals surface area contributed by atoms with Crippen molar-refractivity contribution in [1.29, 1.82) is 0 Å². The minimum absolute atomic E-state index is 0.459. The number of hydrogen-bond acceptors (Lipinski definition) is 1. The van der Waals surface area contributed by atoms with Gasteiger partial charge in [-0.25, -0.2) is 0 Å². The summed E-state index contributed by atoms with van der Waals surface area (Å²) in [5, 5.41) is 9.76. The Hall–Kier alpha value is -0.980. The van der Waals surface area contributed by atoms with E-state index in [0.717, 1.165) is 5.56 Å². The van der Waals surface area contributed by atoms with Crippen LogP contribution >= 0.6 is 0 Å². The third-order valence-electron chi connectivity index (χ3n) is 3.63. The Morgan fingerprint density at radius 3 is 2.33 bits per heavy atom. The van der Waals surface area contributed by atoms with Crippen LogP contribution < -0.4 is 0 Å². The fraction of sp³-hybridized carbons (Fsp3) is 0.571. The van der Waals surface area contributed by atoms with Crippen molar-refractivity contribution in [3.05, 3.63) is 28.8 Å². The molecule has 0 spiro atoms. The van der Waals surface area contributed by atoms with Crippen molar-refractivity contribution in [2.75, 3.05) is 0 Å². The third kappa shape index (κ3) is 2.17. The lowest BCUT2D eigenvalue weighted by Gasteiger charge is -2.24. The second kappa shape index (κ2) is 4.26. The SMILES string of the molecule is Cc1cc(C)c(C2CCCCC2)cc1O. The highest BCUT2D eigenvalue weighted by Crippen LogP contribution is 2.36. The quantitative estimate of drug-likeness (QED) is 0.731. The molecule has 0 bridgehead atoms. The summed E-state index contributed by atoms with van der Waals surface area (Å²) in [5.41, 5.74) is 3.71. The fourth-order valence-electron chi connectivity index (χ4n) is 2.71. The highest BCUT2D eigenvalue weighted by atomic mass is 16.3. The Balaban J connectivity index is 2.30. The number of phenols is 1. The average Bonchev–Trinajstić information content (AvgIpc) is 2.25. The molecule has 1 N–H and O–H groups in total. The van der Waals surface area contributed by atoms with Gasteiger partial charge in [-0.3, -0.25) is 0 Å². The Bertz CT molecular complexity index is 349. The van der Waals surface area contributed by atoms with E-state index in [0.29, 0.717) is 11.7 Å². The predicted octanol–water partition coefficient (Wildman–Crippen LogP) is 4.06. The van der Waals surface area contributed by atoms with Crippen molar-refractivity contribution in [2.45, 2.75) is 51.9 Å². The summed E-state index contributed by atoms with van der Waals surface area (Å²) in [7, 11) is 0. The third-order valence-corrected chi connectivity index (χ3v) is 3.63. The first-order chi connectivity index (χ1) is 7.18. The van der Waals surface area contributed by atoms with Crippen molar-refractivity contribution in [3.8, 4) is 5.75 Å². The van der Waals surface area contributed by atoms with Gasteiger partial charge in [0.05, 0.1) is 0 Å². The van der Waals surface area contributed by atoms with Gasteiger partial charge in [0.15, 0.2) is 0 Å². The predicted molar refractivity (Wildman–Crippen MR) is 63.4 cm³/mol. The maximum absolute atomic E-state index is 9.76. The molecule has 1 nitrogen and oxygen atoms in total. The summed E-state index contributed by atoms with van der Waals surface area (Å²) in [6.45, 7) is 4.13. The second-order valence-corrected chi connectivity index (χ2v) is 4.83. The molecule has 1 aromatic carbocycles. The van der Waals surface area contributed by atoms with E-state index in [4.69, 9.17) is 0 Å². The molecule has 1 aliphatic rings. The first-order valence-electron chi connectivity index (χ1n) is 5.98. The van der Waals surface area contributed by atoms with Crippen LogP contribution in [0.3, 0.4) is 0 Å². The number of aryl methyl sites for hydroxylation is 2. The molecule has 1 saturated carbocycles. The van der Waals surface area contributed by atoms with Gasteiger partial charge in [0.1, 0.15) is 5.75 Å². The highest BCUT2D eigenvalue weighted by molar-refractivity contribution is 5.42. The zero-order valence-corrected chi connectivity index (χ0v) is 9.71. The summed E-state index contributed by atoms with van der Waals surface area (Å²) in [6.07, 6.45) is 6.66. The maximum atomic E-state index is 9.76. The number of rotatable bonds is 1. The van der Waals surface area contributed by atoms with Crippen LogP contribution in [0.25, 0.3) is 0 Å². The van der Waals surface area contributed by atoms with Crippen molar-refractivity contribution in [2.24, 2.45) is 0 Å². The summed E-state index contributed by atoms with van der Waals surface area (Å²) in [6, 6.07) is 4.10. The molecule has 1 aromatic rings. The lowest BCUT2D eigenvalue weighted by Crippen LogP contribution is -2.06. The second-order valence-electron chi connectivity index (χ2n) is 4.83. The highest BCUT2D eigenvalue weighted by Gasteiger charge is 2.18. The Morgan fingerprint density at radius 1 is 1.00 bits per heavy atom. The fourth-order valence-corrected chi connectivity index (χ4v) is 2.71. The Morgan fingerprint density at radius 2 is 1.67 bits per heavy atom. The van der Waals surface area contributed by atoms with Gasteiger partial charge >= 0.3 is 0 Å². The van der Waals surface area contributed by atoms with E-state index in [-0.39, 0.29) is 0 Å². The van der Waals surface area contributed by atoms with Gasteiger partial charge in [-0.05, 0) is 55.4 Å². The molecule has 0 radical (unpaired) electrons. The zero-order valence-electron chi connectivity index (χ0n) is 9.71. The summed E-state index contributed by atoms with van der Waals surface area (Å²) >= 11 is 0. The van der Waals surface area contributed by atoms with Gasteiger partial charge < -0.3 is 5.11 Å². The molecule has 0 heterocycles. The first-order valence-corrected chi connectivity index (χ1v) is 5.98.